The lowest BCUT2D eigenvalue weighted by molar-refractivity contribution is -0.137. The van der Waals surface area contributed by atoms with Gasteiger partial charge in [-0.25, -0.2) is 0 Å². The van der Waals surface area contributed by atoms with Gasteiger partial charge in [-0.2, -0.15) is 13.2 Å². The smallest absolute Gasteiger partial charge is 0.368 e. The van der Waals surface area contributed by atoms with Gasteiger partial charge in [-0.15, -0.1) is 0 Å². The minimum Gasteiger partial charge on any atom is -0.368 e. The molecule has 2 aliphatic rings. The molecule has 4 rings (SSSR count). The summed E-state index contributed by atoms with van der Waals surface area (Å²) in [7, 11) is 0. The number of likely N-dealkylation sites (tertiary alicyclic amines) is 1. The van der Waals surface area contributed by atoms with Gasteiger partial charge in [-0.3, -0.25) is 9.59 Å². The van der Waals surface area contributed by atoms with Crippen LogP contribution in [-0.2, 0) is 11.0 Å². The van der Waals surface area contributed by atoms with Crippen molar-refractivity contribution >= 4 is 11.8 Å². The third-order valence-corrected chi connectivity index (χ3v) is 5.68. The topological polar surface area (TPSA) is 63.4 Å². The Labute approximate surface area is 160 Å². The summed E-state index contributed by atoms with van der Waals surface area (Å²) in [6, 6.07) is 9.32. The van der Waals surface area contributed by atoms with Crippen molar-refractivity contribution in [2.45, 2.75) is 25.6 Å². The number of carbonyl (C=O) groups is 2. The van der Waals surface area contributed by atoms with E-state index in [0.29, 0.717) is 23.2 Å². The molecule has 2 fully saturated rings. The monoisotopic (exact) mass is 388 g/mol. The van der Waals surface area contributed by atoms with Gasteiger partial charge in [0.1, 0.15) is 6.04 Å². The summed E-state index contributed by atoms with van der Waals surface area (Å²) in [5.41, 5.74) is 6.47. The molecule has 0 spiro atoms. The van der Waals surface area contributed by atoms with E-state index >= 15 is 0 Å². The van der Waals surface area contributed by atoms with Gasteiger partial charge in [-0.05, 0) is 60.1 Å². The van der Waals surface area contributed by atoms with Crippen LogP contribution in [-0.4, -0.2) is 29.3 Å². The molecule has 2 N–H and O–H groups in total. The molecular formula is C21H19F3N2O2. The minimum atomic E-state index is -4.48. The minimum absolute atomic E-state index is 0.100. The van der Waals surface area contributed by atoms with Crippen molar-refractivity contribution in [2.75, 3.05) is 6.54 Å². The molecule has 2 aromatic carbocycles. The predicted molar refractivity (Wildman–Crippen MR) is 97.2 cm³/mol. The molecular weight excluding hydrogens is 369 g/mol. The van der Waals surface area contributed by atoms with Crippen LogP contribution in [0.1, 0.15) is 27.9 Å². The molecule has 4 nitrogen and oxygen atoms in total. The quantitative estimate of drug-likeness (QED) is 0.873. The van der Waals surface area contributed by atoms with Crippen LogP contribution >= 0.6 is 0 Å². The van der Waals surface area contributed by atoms with Crippen molar-refractivity contribution in [1.29, 1.82) is 0 Å². The highest BCUT2D eigenvalue weighted by Crippen LogP contribution is 2.50. The third kappa shape index (κ3) is 3.04. The van der Waals surface area contributed by atoms with Crippen molar-refractivity contribution in [1.82, 2.24) is 4.90 Å². The van der Waals surface area contributed by atoms with E-state index in [4.69, 9.17) is 5.73 Å². The number of alkyl halides is 3. The summed E-state index contributed by atoms with van der Waals surface area (Å²) in [6.07, 6.45) is -3.60. The Morgan fingerprint density at radius 1 is 1.14 bits per heavy atom. The van der Waals surface area contributed by atoms with E-state index in [1.165, 1.54) is 11.0 Å². The van der Waals surface area contributed by atoms with E-state index in [0.717, 1.165) is 18.6 Å². The Kier molecular flexibility index (Phi) is 4.21. The SMILES string of the molecule is Cc1cccc(C(=O)N2C[C@H]3C[C@H]3[C@H]2C(N)=O)c1-c1cccc(C(F)(F)F)c1. The average Bonchev–Trinajstić information content (AvgIpc) is 3.29. The first-order chi connectivity index (χ1) is 13.2. The van der Waals surface area contributed by atoms with Gasteiger partial charge in [0.2, 0.25) is 5.91 Å². The number of rotatable bonds is 3. The zero-order valence-electron chi connectivity index (χ0n) is 15.2. The molecule has 28 heavy (non-hydrogen) atoms. The van der Waals surface area contributed by atoms with Crippen molar-refractivity contribution in [2.24, 2.45) is 17.6 Å². The lowest BCUT2D eigenvalue weighted by Gasteiger charge is -2.26. The predicted octanol–water partition coefficient (Wildman–Crippen LogP) is 3.63. The molecule has 1 saturated carbocycles. The van der Waals surface area contributed by atoms with Gasteiger partial charge >= 0.3 is 6.18 Å². The van der Waals surface area contributed by atoms with Crippen LogP contribution < -0.4 is 5.73 Å². The second kappa shape index (κ2) is 6.36. The Morgan fingerprint density at radius 3 is 2.54 bits per heavy atom. The van der Waals surface area contributed by atoms with E-state index in [2.05, 4.69) is 0 Å². The fourth-order valence-electron chi connectivity index (χ4n) is 4.27. The molecule has 0 bridgehead atoms. The number of amides is 2. The molecule has 7 heteroatoms. The van der Waals surface area contributed by atoms with Crippen LogP contribution in [0.4, 0.5) is 13.2 Å². The molecule has 0 aromatic heterocycles. The van der Waals surface area contributed by atoms with Crippen LogP contribution in [0.15, 0.2) is 42.5 Å². The molecule has 1 aliphatic carbocycles. The summed E-state index contributed by atoms with van der Waals surface area (Å²) >= 11 is 0. The zero-order valence-corrected chi connectivity index (χ0v) is 15.2. The third-order valence-electron chi connectivity index (χ3n) is 5.68. The fraction of sp³-hybridized carbons (Fsp3) is 0.333. The van der Waals surface area contributed by atoms with Crippen LogP contribution in [0, 0.1) is 18.8 Å². The molecule has 2 amide bonds. The van der Waals surface area contributed by atoms with Gasteiger partial charge in [0, 0.05) is 12.1 Å². The highest BCUT2D eigenvalue weighted by molar-refractivity contribution is 6.04. The van der Waals surface area contributed by atoms with Gasteiger partial charge in [-0.1, -0.05) is 24.3 Å². The lowest BCUT2D eigenvalue weighted by Crippen LogP contribution is -2.46. The van der Waals surface area contributed by atoms with E-state index < -0.39 is 23.7 Å². The summed E-state index contributed by atoms with van der Waals surface area (Å²) in [4.78, 5) is 26.6. The maximum Gasteiger partial charge on any atom is 0.416 e. The molecule has 3 atom stereocenters. The maximum absolute atomic E-state index is 13.3. The maximum atomic E-state index is 13.3. The Balaban J connectivity index is 1.77. The van der Waals surface area contributed by atoms with E-state index in [1.54, 1.807) is 31.2 Å². The number of nitrogens with zero attached hydrogens (tertiary/aromatic N) is 1. The Hall–Kier alpha value is -2.83. The molecule has 0 radical (unpaired) electrons. The van der Waals surface area contributed by atoms with Gasteiger partial charge in [0.25, 0.3) is 5.91 Å². The van der Waals surface area contributed by atoms with Crippen molar-refractivity contribution in [3.8, 4) is 11.1 Å². The molecule has 146 valence electrons. The summed E-state index contributed by atoms with van der Waals surface area (Å²) < 4.78 is 39.5. The van der Waals surface area contributed by atoms with E-state index in [-0.39, 0.29) is 23.3 Å². The van der Waals surface area contributed by atoms with Crippen LogP contribution in [0.2, 0.25) is 0 Å². The van der Waals surface area contributed by atoms with Crippen LogP contribution in [0.3, 0.4) is 0 Å². The Bertz CT molecular complexity index is 970. The number of aryl methyl sites for hydroxylation is 1. The molecule has 2 aromatic rings. The van der Waals surface area contributed by atoms with Crippen LogP contribution in [0.25, 0.3) is 11.1 Å². The molecule has 1 heterocycles. The normalized spacial score (nSPS) is 23.4. The lowest BCUT2D eigenvalue weighted by atomic mass is 9.93. The van der Waals surface area contributed by atoms with Gasteiger partial charge in [0.15, 0.2) is 0 Å². The van der Waals surface area contributed by atoms with Crippen molar-refractivity contribution < 1.29 is 22.8 Å². The number of benzene rings is 2. The highest BCUT2D eigenvalue weighted by atomic mass is 19.4. The molecule has 1 saturated heterocycles. The summed E-state index contributed by atoms with van der Waals surface area (Å²) in [5.74, 6) is -0.523. The second-order valence-corrected chi connectivity index (χ2v) is 7.54. The second-order valence-electron chi connectivity index (χ2n) is 7.54. The van der Waals surface area contributed by atoms with Crippen molar-refractivity contribution in [3.05, 3.63) is 59.2 Å². The molecule has 0 unspecified atom stereocenters. The number of nitrogens with two attached hydrogens (primary N) is 1. The number of primary amides is 1. The van der Waals surface area contributed by atoms with Gasteiger partial charge < -0.3 is 10.6 Å². The summed E-state index contributed by atoms with van der Waals surface area (Å²) in [6.45, 7) is 2.20. The first-order valence-electron chi connectivity index (χ1n) is 9.06. The van der Waals surface area contributed by atoms with E-state index in [1.807, 2.05) is 0 Å². The molecule has 1 aliphatic heterocycles. The zero-order chi connectivity index (χ0) is 20.2. The number of halogens is 3. The Morgan fingerprint density at radius 2 is 1.86 bits per heavy atom. The standard InChI is InChI=1S/C21H19F3N2O2/c1-11-4-2-7-15(17(11)12-5-3-6-14(8-12)21(22,23)24)20(28)26-10-13-9-16(13)18(26)19(25)27/h2-8,13,16,18H,9-10H2,1H3,(H2,25,27)/t13-,16-,18+/m1/s1. The first-order valence-corrected chi connectivity index (χ1v) is 9.06. The van der Waals surface area contributed by atoms with Crippen molar-refractivity contribution in [3.63, 3.8) is 0 Å². The highest BCUT2D eigenvalue weighted by Gasteiger charge is 2.56. The number of fused-ring (bicyclic) bond motifs is 1. The van der Waals surface area contributed by atoms with Crippen LogP contribution in [0.5, 0.6) is 0 Å². The largest absolute Gasteiger partial charge is 0.416 e. The number of carbonyl (C=O) groups excluding carboxylic acids is 2. The fourth-order valence-corrected chi connectivity index (χ4v) is 4.27. The average molecular weight is 388 g/mol. The summed E-state index contributed by atoms with van der Waals surface area (Å²) in [5, 5.41) is 0. The van der Waals surface area contributed by atoms with E-state index in [9.17, 15) is 22.8 Å². The number of hydrogen-bond donors (Lipinski definition) is 1. The first kappa shape index (κ1) is 18.5. The number of hydrogen-bond acceptors (Lipinski definition) is 2. The number of piperidine rings is 1. The van der Waals surface area contributed by atoms with Gasteiger partial charge in [0.05, 0.1) is 5.56 Å².